The van der Waals surface area contributed by atoms with E-state index in [4.69, 9.17) is 4.74 Å². The minimum atomic E-state index is -1.17. The molecule has 0 aromatic heterocycles. The minimum absolute atomic E-state index is 0.00602. The third-order valence-corrected chi connectivity index (χ3v) is 3.96. The van der Waals surface area contributed by atoms with E-state index in [1.54, 1.807) is 20.8 Å². The largest absolute Gasteiger partial charge is 0.548 e. The van der Waals surface area contributed by atoms with Crippen molar-refractivity contribution in [2.24, 2.45) is 5.92 Å². The van der Waals surface area contributed by atoms with Crippen molar-refractivity contribution in [2.45, 2.75) is 70.6 Å². The summed E-state index contributed by atoms with van der Waals surface area (Å²) in [6.07, 6.45) is 4.01. The molecule has 1 aliphatic heterocycles. The smallest absolute Gasteiger partial charge is 0.411 e. The molecule has 2 fully saturated rings. The van der Waals surface area contributed by atoms with Crippen LogP contribution in [-0.2, 0) is 9.53 Å². The van der Waals surface area contributed by atoms with E-state index < -0.39 is 23.7 Å². The van der Waals surface area contributed by atoms with E-state index in [0.29, 0.717) is 6.42 Å². The van der Waals surface area contributed by atoms with Gasteiger partial charge in [-0.25, -0.2) is 4.79 Å². The van der Waals surface area contributed by atoms with Crippen molar-refractivity contribution >= 4 is 12.1 Å². The molecule has 0 aromatic carbocycles. The molecule has 1 saturated carbocycles. The van der Waals surface area contributed by atoms with Gasteiger partial charge in [0.25, 0.3) is 0 Å². The average molecular weight is 268 g/mol. The van der Waals surface area contributed by atoms with Crippen LogP contribution in [0.15, 0.2) is 0 Å². The van der Waals surface area contributed by atoms with Crippen molar-refractivity contribution in [3.8, 4) is 0 Å². The van der Waals surface area contributed by atoms with Crippen LogP contribution < -0.4 is 5.11 Å². The highest BCUT2D eigenvalue weighted by Gasteiger charge is 2.46. The van der Waals surface area contributed by atoms with Crippen molar-refractivity contribution in [3.63, 3.8) is 0 Å². The van der Waals surface area contributed by atoms with Gasteiger partial charge >= 0.3 is 6.09 Å². The number of amides is 1. The van der Waals surface area contributed by atoms with Crippen molar-refractivity contribution in [1.29, 1.82) is 0 Å². The number of ether oxygens (including phenoxy) is 1. The Balaban J connectivity index is 2.17. The second kappa shape index (κ2) is 5.02. The van der Waals surface area contributed by atoms with Gasteiger partial charge in [-0.2, -0.15) is 0 Å². The number of rotatable bonds is 1. The molecule has 19 heavy (non-hydrogen) atoms. The lowest BCUT2D eigenvalue weighted by atomic mass is 9.85. The molecule has 1 aliphatic carbocycles. The molecule has 3 atom stereocenters. The predicted molar refractivity (Wildman–Crippen MR) is 67.2 cm³/mol. The molecule has 1 saturated heterocycles. The number of carboxylic acid groups (broad SMARTS) is 1. The second-order valence-electron chi connectivity index (χ2n) is 6.57. The Morgan fingerprint density at radius 3 is 2.42 bits per heavy atom. The summed E-state index contributed by atoms with van der Waals surface area (Å²) in [5.41, 5.74) is -0.611. The highest BCUT2D eigenvalue weighted by atomic mass is 16.6. The zero-order valence-corrected chi connectivity index (χ0v) is 11.8. The van der Waals surface area contributed by atoms with E-state index >= 15 is 0 Å². The fourth-order valence-corrected chi connectivity index (χ4v) is 3.25. The van der Waals surface area contributed by atoms with E-state index in [0.717, 1.165) is 25.7 Å². The first kappa shape index (κ1) is 14.2. The third kappa shape index (κ3) is 3.01. The molecule has 0 unspecified atom stereocenters. The molecule has 2 rings (SSSR count). The Labute approximate surface area is 113 Å². The minimum Gasteiger partial charge on any atom is -0.548 e. The van der Waals surface area contributed by atoms with Crippen LogP contribution >= 0.6 is 0 Å². The first-order valence-corrected chi connectivity index (χ1v) is 7.02. The van der Waals surface area contributed by atoms with Crippen molar-refractivity contribution < 1.29 is 19.4 Å². The summed E-state index contributed by atoms with van der Waals surface area (Å²) in [6, 6.07) is -0.825. The van der Waals surface area contributed by atoms with Crippen LogP contribution in [0.25, 0.3) is 0 Å². The lowest BCUT2D eigenvalue weighted by molar-refractivity contribution is -0.310. The van der Waals surface area contributed by atoms with E-state index in [1.165, 1.54) is 4.90 Å². The third-order valence-electron chi connectivity index (χ3n) is 3.96. The maximum absolute atomic E-state index is 12.2. The summed E-state index contributed by atoms with van der Waals surface area (Å²) in [5.74, 6) is -0.885. The molecule has 0 radical (unpaired) electrons. The lowest BCUT2D eigenvalue weighted by Gasteiger charge is -2.35. The Morgan fingerprint density at radius 1 is 1.21 bits per heavy atom. The van der Waals surface area contributed by atoms with Gasteiger partial charge in [0.2, 0.25) is 0 Å². The molecule has 0 spiro atoms. The number of hydrogen-bond donors (Lipinski definition) is 0. The quantitative estimate of drug-likeness (QED) is 0.719. The number of likely N-dealkylation sites (tertiary alicyclic amines) is 1. The monoisotopic (exact) mass is 268 g/mol. The molecular formula is C14H22NO4-. The van der Waals surface area contributed by atoms with Gasteiger partial charge in [-0.1, -0.05) is 12.8 Å². The number of carbonyl (C=O) groups excluding carboxylic acids is 2. The van der Waals surface area contributed by atoms with E-state index in [-0.39, 0.29) is 12.0 Å². The molecule has 0 aromatic rings. The molecule has 0 bridgehead atoms. The average Bonchev–Trinajstić information content (AvgIpc) is 2.65. The highest BCUT2D eigenvalue weighted by molar-refractivity contribution is 5.80. The van der Waals surface area contributed by atoms with E-state index in [9.17, 15) is 14.7 Å². The number of carboxylic acids is 1. The van der Waals surface area contributed by atoms with Crippen LogP contribution in [-0.4, -0.2) is 34.6 Å². The molecule has 2 aliphatic rings. The number of nitrogens with zero attached hydrogens (tertiary/aromatic N) is 1. The maximum Gasteiger partial charge on any atom is 0.411 e. The van der Waals surface area contributed by atoms with Crippen LogP contribution in [0.2, 0.25) is 0 Å². The molecule has 1 amide bonds. The summed E-state index contributed by atoms with van der Waals surface area (Å²) in [4.78, 5) is 24.9. The number of hydrogen-bond acceptors (Lipinski definition) is 4. The summed E-state index contributed by atoms with van der Waals surface area (Å²) < 4.78 is 5.35. The molecular weight excluding hydrogens is 246 g/mol. The van der Waals surface area contributed by atoms with Crippen molar-refractivity contribution in [2.75, 3.05) is 0 Å². The predicted octanol–water partition coefficient (Wildman–Crippen LogP) is 1.30. The Morgan fingerprint density at radius 2 is 1.84 bits per heavy atom. The zero-order chi connectivity index (χ0) is 14.2. The van der Waals surface area contributed by atoms with Gasteiger partial charge in [-0.3, -0.25) is 4.90 Å². The van der Waals surface area contributed by atoms with Crippen LogP contribution in [0.5, 0.6) is 0 Å². The Kier molecular flexibility index (Phi) is 3.74. The lowest BCUT2D eigenvalue weighted by Crippen LogP contribution is -2.51. The second-order valence-corrected chi connectivity index (χ2v) is 6.57. The van der Waals surface area contributed by atoms with Crippen LogP contribution in [0.4, 0.5) is 4.79 Å². The summed E-state index contributed by atoms with van der Waals surface area (Å²) in [5, 5.41) is 11.3. The maximum atomic E-state index is 12.2. The molecule has 5 heteroatoms. The molecule has 5 nitrogen and oxygen atoms in total. The van der Waals surface area contributed by atoms with Gasteiger partial charge in [0, 0.05) is 6.04 Å². The van der Waals surface area contributed by atoms with Gasteiger partial charge in [0.1, 0.15) is 5.60 Å². The zero-order valence-electron chi connectivity index (χ0n) is 11.8. The van der Waals surface area contributed by atoms with Crippen molar-refractivity contribution in [1.82, 2.24) is 4.90 Å². The first-order chi connectivity index (χ1) is 8.79. The van der Waals surface area contributed by atoms with E-state index in [2.05, 4.69) is 0 Å². The first-order valence-electron chi connectivity index (χ1n) is 7.02. The normalized spacial score (nSPS) is 30.9. The van der Waals surface area contributed by atoms with Gasteiger partial charge in [-0.05, 0) is 46.0 Å². The van der Waals surface area contributed by atoms with Gasteiger partial charge in [0.15, 0.2) is 0 Å². The molecule has 0 N–H and O–H groups in total. The number of aliphatic carboxylic acids is 1. The van der Waals surface area contributed by atoms with Gasteiger partial charge < -0.3 is 14.6 Å². The molecule has 108 valence electrons. The van der Waals surface area contributed by atoms with Crippen LogP contribution in [0.3, 0.4) is 0 Å². The fourth-order valence-electron chi connectivity index (χ4n) is 3.25. The summed E-state index contributed by atoms with van der Waals surface area (Å²) in [6.45, 7) is 5.36. The van der Waals surface area contributed by atoms with E-state index in [1.807, 2.05) is 0 Å². The van der Waals surface area contributed by atoms with Gasteiger partial charge in [0.05, 0.1) is 12.0 Å². The topological polar surface area (TPSA) is 69.7 Å². The SMILES string of the molecule is CC(C)(C)OC(=O)N1[C@H](C(=O)[O-])C[C@@H]2CCCC[C@@H]21. The van der Waals surface area contributed by atoms with Crippen molar-refractivity contribution in [3.05, 3.63) is 0 Å². The van der Waals surface area contributed by atoms with Crippen LogP contribution in [0.1, 0.15) is 52.9 Å². The fraction of sp³-hybridized carbons (Fsp3) is 0.857. The summed E-state index contributed by atoms with van der Waals surface area (Å²) in [7, 11) is 0. The Hall–Kier alpha value is -1.26. The number of fused-ring (bicyclic) bond motifs is 1. The highest BCUT2D eigenvalue weighted by Crippen LogP contribution is 2.40. The molecule has 1 heterocycles. The van der Waals surface area contributed by atoms with Gasteiger partial charge in [-0.15, -0.1) is 0 Å². The summed E-state index contributed by atoms with van der Waals surface area (Å²) >= 11 is 0. The number of carbonyl (C=O) groups is 2. The van der Waals surface area contributed by atoms with Crippen LogP contribution in [0, 0.1) is 5.92 Å². The standard InChI is InChI=1S/C14H23NO4/c1-14(2,3)19-13(18)15-10-7-5-4-6-9(10)8-11(15)12(16)17/h9-11H,4-8H2,1-3H3,(H,16,17)/p-1/t9-,10-,11-/m0/s1. The Bertz CT molecular complexity index is 374.